The molecule has 1 aromatic carbocycles. The fourth-order valence-electron chi connectivity index (χ4n) is 2.22. The first-order valence-corrected chi connectivity index (χ1v) is 8.57. The summed E-state index contributed by atoms with van der Waals surface area (Å²) in [7, 11) is 0. The molecule has 0 saturated carbocycles. The quantitative estimate of drug-likeness (QED) is 0.655. The van der Waals surface area contributed by atoms with Gasteiger partial charge in [0.15, 0.2) is 0 Å². The first-order chi connectivity index (χ1) is 9.62. The summed E-state index contributed by atoms with van der Waals surface area (Å²) in [6, 6.07) is 6.88. The Labute approximate surface area is 132 Å². The summed E-state index contributed by atoms with van der Waals surface area (Å²) in [5.41, 5.74) is 1.34. The van der Waals surface area contributed by atoms with Gasteiger partial charge in [0.1, 0.15) is 5.75 Å². The van der Waals surface area contributed by atoms with E-state index < -0.39 is 0 Å². The Balaban J connectivity index is 2.83. The molecule has 0 aliphatic carbocycles. The zero-order valence-electron chi connectivity index (χ0n) is 13.2. The summed E-state index contributed by atoms with van der Waals surface area (Å²) in [6.07, 6.45) is 3.43. The molecule has 0 spiro atoms. The molecule has 0 aliphatic rings. The lowest BCUT2D eigenvalue weighted by Gasteiger charge is -2.22. The van der Waals surface area contributed by atoms with E-state index in [1.807, 2.05) is 0 Å². The van der Waals surface area contributed by atoms with Crippen LogP contribution < -0.4 is 10.1 Å². The normalized spacial score (nSPS) is 14.1. The van der Waals surface area contributed by atoms with Crippen LogP contribution in [0.2, 0.25) is 0 Å². The van der Waals surface area contributed by atoms with Gasteiger partial charge in [-0.15, -0.1) is 0 Å². The van der Waals surface area contributed by atoms with Gasteiger partial charge >= 0.3 is 0 Å². The lowest BCUT2D eigenvalue weighted by atomic mass is 9.94. The van der Waals surface area contributed by atoms with E-state index >= 15 is 0 Å². The van der Waals surface area contributed by atoms with Crippen LogP contribution in [0.4, 0.5) is 0 Å². The molecule has 0 bridgehead atoms. The smallest absolute Gasteiger partial charge is 0.133 e. The fraction of sp³-hybridized carbons (Fsp3) is 0.647. The van der Waals surface area contributed by atoms with Crippen LogP contribution in [-0.2, 0) is 0 Å². The molecule has 0 radical (unpaired) electrons. The Morgan fingerprint density at radius 1 is 1.25 bits per heavy atom. The summed E-state index contributed by atoms with van der Waals surface area (Å²) in [6.45, 7) is 10.6. The van der Waals surface area contributed by atoms with E-state index in [9.17, 15) is 0 Å². The molecule has 20 heavy (non-hydrogen) atoms. The minimum atomic E-state index is 0.423. The first kappa shape index (κ1) is 17.5. The fourth-order valence-corrected chi connectivity index (χ4v) is 2.73. The summed E-state index contributed by atoms with van der Waals surface area (Å²) >= 11 is 3.63. The topological polar surface area (TPSA) is 21.3 Å². The standard InChI is InChI=1S/C17H28BrNO/c1-5-10-20-17-9-8-14(12-15(17)18)16(19-7-3)11-13(4)6-2/h8-9,12-13,16,19H,5-7,10-11H2,1-4H3. The van der Waals surface area contributed by atoms with Crippen molar-refractivity contribution in [2.45, 2.75) is 53.0 Å². The van der Waals surface area contributed by atoms with Crippen LogP contribution in [0.1, 0.15) is 58.6 Å². The molecule has 1 N–H and O–H groups in total. The van der Waals surface area contributed by atoms with Gasteiger partial charge in [0, 0.05) is 6.04 Å². The third-order valence-electron chi connectivity index (χ3n) is 3.61. The van der Waals surface area contributed by atoms with Gasteiger partial charge in [0.2, 0.25) is 0 Å². The molecule has 0 amide bonds. The molecule has 0 heterocycles. The molecule has 0 aliphatic heterocycles. The maximum atomic E-state index is 5.72. The summed E-state index contributed by atoms with van der Waals surface area (Å²) in [5, 5.41) is 3.59. The van der Waals surface area contributed by atoms with Crippen molar-refractivity contribution in [1.29, 1.82) is 0 Å². The number of rotatable bonds is 9. The number of nitrogens with one attached hydrogen (secondary N) is 1. The van der Waals surface area contributed by atoms with Crippen molar-refractivity contribution in [3.8, 4) is 5.75 Å². The Morgan fingerprint density at radius 2 is 2.00 bits per heavy atom. The largest absolute Gasteiger partial charge is 0.492 e. The highest BCUT2D eigenvalue weighted by molar-refractivity contribution is 9.10. The van der Waals surface area contributed by atoms with Gasteiger partial charge in [-0.25, -0.2) is 0 Å². The minimum absolute atomic E-state index is 0.423. The second-order valence-corrected chi connectivity index (χ2v) is 6.25. The predicted octanol–water partition coefficient (Wildman–Crippen LogP) is 5.32. The van der Waals surface area contributed by atoms with Gasteiger partial charge in [0.05, 0.1) is 11.1 Å². The molecular formula is C17H28BrNO. The zero-order valence-corrected chi connectivity index (χ0v) is 14.8. The third kappa shape index (κ3) is 5.45. The first-order valence-electron chi connectivity index (χ1n) is 7.77. The molecule has 2 unspecified atom stereocenters. The van der Waals surface area contributed by atoms with Crippen LogP contribution in [0.15, 0.2) is 22.7 Å². The maximum absolute atomic E-state index is 5.72. The van der Waals surface area contributed by atoms with Crippen LogP contribution in [0, 0.1) is 5.92 Å². The van der Waals surface area contributed by atoms with Crippen LogP contribution in [-0.4, -0.2) is 13.2 Å². The minimum Gasteiger partial charge on any atom is -0.492 e. The van der Waals surface area contributed by atoms with E-state index in [0.717, 1.165) is 35.7 Å². The SMILES string of the molecule is CCCOc1ccc(C(CC(C)CC)NCC)cc1Br. The van der Waals surface area contributed by atoms with Crippen molar-refractivity contribution >= 4 is 15.9 Å². The van der Waals surface area contributed by atoms with Crippen molar-refractivity contribution in [2.24, 2.45) is 5.92 Å². The number of benzene rings is 1. The predicted molar refractivity (Wildman–Crippen MR) is 90.4 cm³/mol. The number of hydrogen-bond donors (Lipinski definition) is 1. The molecule has 1 rings (SSSR count). The van der Waals surface area contributed by atoms with Crippen molar-refractivity contribution in [2.75, 3.05) is 13.2 Å². The van der Waals surface area contributed by atoms with Gasteiger partial charge in [-0.3, -0.25) is 0 Å². The Bertz CT molecular complexity index is 395. The van der Waals surface area contributed by atoms with Crippen LogP contribution in [0.3, 0.4) is 0 Å². The molecule has 114 valence electrons. The highest BCUT2D eigenvalue weighted by Gasteiger charge is 2.15. The van der Waals surface area contributed by atoms with Crippen LogP contribution >= 0.6 is 15.9 Å². The summed E-state index contributed by atoms with van der Waals surface area (Å²) in [4.78, 5) is 0. The highest BCUT2D eigenvalue weighted by atomic mass is 79.9. The lowest BCUT2D eigenvalue weighted by Crippen LogP contribution is -2.22. The molecule has 2 atom stereocenters. The molecule has 0 saturated heterocycles. The maximum Gasteiger partial charge on any atom is 0.133 e. The van der Waals surface area contributed by atoms with E-state index in [1.165, 1.54) is 18.4 Å². The average Bonchev–Trinajstić information content (AvgIpc) is 2.45. The molecule has 3 heteroatoms. The van der Waals surface area contributed by atoms with Crippen molar-refractivity contribution < 1.29 is 4.74 Å². The van der Waals surface area contributed by atoms with Crippen molar-refractivity contribution in [3.05, 3.63) is 28.2 Å². The second-order valence-electron chi connectivity index (χ2n) is 5.40. The molecular weight excluding hydrogens is 314 g/mol. The lowest BCUT2D eigenvalue weighted by molar-refractivity contribution is 0.315. The third-order valence-corrected chi connectivity index (χ3v) is 4.23. The number of halogens is 1. The van der Waals surface area contributed by atoms with Gasteiger partial charge in [-0.2, -0.15) is 0 Å². The Morgan fingerprint density at radius 3 is 2.55 bits per heavy atom. The van der Waals surface area contributed by atoms with Gasteiger partial charge in [0.25, 0.3) is 0 Å². The summed E-state index contributed by atoms with van der Waals surface area (Å²) in [5.74, 6) is 1.67. The van der Waals surface area contributed by atoms with Crippen LogP contribution in [0.25, 0.3) is 0 Å². The Hall–Kier alpha value is -0.540. The van der Waals surface area contributed by atoms with E-state index in [4.69, 9.17) is 4.74 Å². The molecule has 0 fully saturated rings. The number of hydrogen-bond acceptors (Lipinski definition) is 2. The summed E-state index contributed by atoms with van der Waals surface area (Å²) < 4.78 is 6.77. The van der Waals surface area contributed by atoms with Gasteiger partial charge in [-0.05, 0) is 58.9 Å². The van der Waals surface area contributed by atoms with Gasteiger partial charge in [-0.1, -0.05) is 40.2 Å². The second kappa shape index (κ2) is 9.41. The Kier molecular flexibility index (Phi) is 8.24. The van der Waals surface area contributed by atoms with E-state index in [0.29, 0.717) is 6.04 Å². The van der Waals surface area contributed by atoms with Crippen molar-refractivity contribution in [3.63, 3.8) is 0 Å². The van der Waals surface area contributed by atoms with E-state index in [-0.39, 0.29) is 0 Å². The molecule has 0 aromatic heterocycles. The number of ether oxygens (including phenoxy) is 1. The van der Waals surface area contributed by atoms with Crippen LogP contribution in [0.5, 0.6) is 5.75 Å². The van der Waals surface area contributed by atoms with E-state index in [1.54, 1.807) is 0 Å². The monoisotopic (exact) mass is 341 g/mol. The molecule has 1 aromatic rings. The van der Waals surface area contributed by atoms with Gasteiger partial charge < -0.3 is 10.1 Å². The highest BCUT2D eigenvalue weighted by Crippen LogP contribution is 2.31. The van der Waals surface area contributed by atoms with E-state index in [2.05, 4.69) is 67.1 Å². The average molecular weight is 342 g/mol. The van der Waals surface area contributed by atoms with Crippen molar-refractivity contribution in [1.82, 2.24) is 5.32 Å². The molecule has 2 nitrogen and oxygen atoms in total. The zero-order chi connectivity index (χ0) is 15.0.